The molecular formula is C17H23N5O3S. The Morgan fingerprint density at radius 1 is 0.923 bits per heavy atom. The second kappa shape index (κ2) is 7.72. The summed E-state index contributed by atoms with van der Waals surface area (Å²) >= 11 is 0. The Labute approximate surface area is 154 Å². The minimum atomic E-state index is -3.47. The summed E-state index contributed by atoms with van der Waals surface area (Å²) in [5.41, 5.74) is 1.02. The summed E-state index contributed by atoms with van der Waals surface area (Å²) in [5.74, 6) is -0.133. The molecular weight excluding hydrogens is 354 g/mol. The van der Waals surface area contributed by atoms with Gasteiger partial charge in [0, 0.05) is 57.9 Å². The van der Waals surface area contributed by atoms with E-state index in [-0.39, 0.29) is 5.91 Å². The molecule has 2 saturated heterocycles. The van der Waals surface area contributed by atoms with Gasteiger partial charge in [-0.15, -0.1) is 0 Å². The zero-order valence-electron chi connectivity index (χ0n) is 14.8. The summed E-state index contributed by atoms with van der Waals surface area (Å²) in [5, 5.41) is 8.83. The lowest BCUT2D eigenvalue weighted by atomic mass is 10.1. The molecule has 2 heterocycles. The van der Waals surface area contributed by atoms with E-state index in [0.717, 1.165) is 13.1 Å². The van der Waals surface area contributed by atoms with Crippen molar-refractivity contribution in [3.8, 4) is 6.07 Å². The van der Waals surface area contributed by atoms with Crippen LogP contribution in [0.5, 0.6) is 0 Å². The first kappa shape index (κ1) is 18.8. The van der Waals surface area contributed by atoms with E-state index in [2.05, 4.69) is 4.90 Å². The first-order valence-corrected chi connectivity index (χ1v) is 10.0. The van der Waals surface area contributed by atoms with Crippen LogP contribution in [0.25, 0.3) is 0 Å². The normalized spacial score (nSPS) is 20.7. The van der Waals surface area contributed by atoms with Crippen molar-refractivity contribution in [2.24, 2.45) is 0 Å². The predicted molar refractivity (Wildman–Crippen MR) is 96.6 cm³/mol. The first-order valence-electron chi connectivity index (χ1n) is 8.65. The Morgan fingerprint density at radius 2 is 1.42 bits per heavy atom. The Kier molecular flexibility index (Phi) is 5.58. The van der Waals surface area contributed by atoms with E-state index >= 15 is 0 Å². The highest BCUT2D eigenvalue weighted by molar-refractivity contribution is 7.86. The number of amides is 1. The molecule has 2 fully saturated rings. The molecule has 2 aliphatic rings. The molecule has 26 heavy (non-hydrogen) atoms. The number of hydrogen-bond donors (Lipinski definition) is 0. The third-order valence-corrected chi connectivity index (χ3v) is 6.94. The molecule has 2 aliphatic heterocycles. The monoisotopic (exact) mass is 377 g/mol. The molecule has 1 aromatic carbocycles. The fourth-order valence-electron chi connectivity index (χ4n) is 3.17. The molecule has 140 valence electrons. The Hall–Kier alpha value is -1.99. The molecule has 0 aromatic heterocycles. The Balaban J connectivity index is 1.59. The van der Waals surface area contributed by atoms with E-state index in [0.29, 0.717) is 50.4 Å². The quantitative estimate of drug-likeness (QED) is 0.728. The maximum Gasteiger partial charge on any atom is 0.282 e. The minimum absolute atomic E-state index is 0.133. The molecule has 0 spiro atoms. The van der Waals surface area contributed by atoms with Crippen molar-refractivity contribution in [1.29, 1.82) is 5.26 Å². The Bertz CT molecular complexity index is 787. The largest absolute Gasteiger partial charge is 0.336 e. The van der Waals surface area contributed by atoms with E-state index in [1.54, 1.807) is 29.2 Å². The number of nitriles is 1. The average Bonchev–Trinajstić information content (AvgIpc) is 2.68. The number of carbonyl (C=O) groups is 1. The van der Waals surface area contributed by atoms with Gasteiger partial charge in [0.25, 0.3) is 16.1 Å². The van der Waals surface area contributed by atoms with Crippen molar-refractivity contribution in [3.63, 3.8) is 0 Å². The molecule has 9 heteroatoms. The lowest BCUT2D eigenvalue weighted by molar-refractivity contribution is 0.0692. The van der Waals surface area contributed by atoms with Crippen LogP contribution in [0.3, 0.4) is 0 Å². The van der Waals surface area contributed by atoms with Crippen LogP contribution in [0.4, 0.5) is 0 Å². The molecule has 3 rings (SSSR count). The minimum Gasteiger partial charge on any atom is -0.336 e. The van der Waals surface area contributed by atoms with Gasteiger partial charge in [-0.2, -0.15) is 22.3 Å². The third-order valence-electron chi connectivity index (χ3n) is 4.90. The van der Waals surface area contributed by atoms with Gasteiger partial charge in [0.2, 0.25) is 0 Å². The van der Waals surface area contributed by atoms with Crippen molar-refractivity contribution in [3.05, 3.63) is 35.4 Å². The van der Waals surface area contributed by atoms with Crippen LogP contribution in [0.1, 0.15) is 15.9 Å². The fraction of sp³-hybridized carbons (Fsp3) is 0.529. The van der Waals surface area contributed by atoms with Gasteiger partial charge < -0.3 is 9.80 Å². The third kappa shape index (κ3) is 3.88. The molecule has 1 amide bonds. The lowest BCUT2D eigenvalue weighted by Crippen LogP contribution is -2.57. The van der Waals surface area contributed by atoms with Crippen LogP contribution in [0.15, 0.2) is 24.3 Å². The number of likely N-dealkylation sites (N-methyl/N-ethyl adjacent to an activating group) is 1. The van der Waals surface area contributed by atoms with Gasteiger partial charge in [-0.05, 0) is 31.3 Å². The van der Waals surface area contributed by atoms with Crippen LogP contribution < -0.4 is 0 Å². The first-order chi connectivity index (χ1) is 12.4. The topological polar surface area (TPSA) is 88.0 Å². The summed E-state index contributed by atoms with van der Waals surface area (Å²) in [6.45, 7) is 3.81. The summed E-state index contributed by atoms with van der Waals surface area (Å²) in [7, 11) is -1.48. The molecule has 0 N–H and O–H groups in total. The maximum absolute atomic E-state index is 12.8. The number of benzene rings is 1. The van der Waals surface area contributed by atoms with Crippen LogP contribution in [0, 0.1) is 11.3 Å². The zero-order valence-corrected chi connectivity index (χ0v) is 15.7. The summed E-state index contributed by atoms with van der Waals surface area (Å²) in [4.78, 5) is 16.3. The number of hydrogen-bond acceptors (Lipinski definition) is 5. The van der Waals surface area contributed by atoms with Gasteiger partial charge in [0.1, 0.15) is 0 Å². The highest BCUT2D eigenvalue weighted by Crippen LogP contribution is 2.16. The van der Waals surface area contributed by atoms with Crippen LogP contribution in [0.2, 0.25) is 0 Å². The number of rotatable bonds is 3. The zero-order chi connectivity index (χ0) is 18.7. The van der Waals surface area contributed by atoms with Gasteiger partial charge in [-0.1, -0.05) is 0 Å². The predicted octanol–water partition coefficient (Wildman–Crippen LogP) is -0.192. The van der Waals surface area contributed by atoms with Crippen molar-refractivity contribution in [2.45, 2.75) is 0 Å². The van der Waals surface area contributed by atoms with Crippen molar-refractivity contribution in [1.82, 2.24) is 18.4 Å². The Morgan fingerprint density at radius 3 is 1.92 bits per heavy atom. The van der Waals surface area contributed by atoms with Crippen molar-refractivity contribution >= 4 is 16.1 Å². The summed E-state index contributed by atoms with van der Waals surface area (Å²) in [6, 6.07) is 8.51. The van der Waals surface area contributed by atoms with Crippen LogP contribution in [-0.4, -0.2) is 92.1 Å². The maximum atomic E-state index is 12.8. The van der Waals surface area contributed by atoms with Crippen LogP contribution in [-0.2, 0) is 10.2 Å². The molecule has 0 unspecified atom stereocenters. The van der Waals surface area contributed by atoms with Gasteiger partial charge >= 0.3 is 0 Å². The summed E-state index contributed by atoms with van der Waals surface area (Å²) in [6.07, 6.45) is 0. The van der Waals surface area contributed by atoms with E-state index in [1.807, 2.05) is 13.1 Å². The van der Waals surface area contributed by atoms with E-state index in [4.69, 9.17) is 5.26 Å². The summed E-state index contributed by atoms with van der Waals surface area (Å²) < 4.78 is 28.5. The smallest absolute Gasteiger partial charge is 0.282 e. The van der Waals surface area contributed by atoms with Crippen molar-refractivity contribution in [2.75, 3.05) is 59.4 Å². The standard InChI is InChI=1S/C17H23N5O3S/c1-19-6-10-21(11-7-19)26(24,25)22-12-8-20(9-13-22)17(23)16-4-2-15(14-18)3-5-16/h2-5H,6-13H2,1H3. The molecule has 8 nitrogen and oxygen atoms in total. The lowest BCUT2D eigenvalue weighted by Gasteiger charge is -2.39. The number of nitrogens with zero attached hydrogens (tertiary/aromatic N) is 5. The molecule has 0 bridgehead atoms. The molecule has 0 aliphatic carbocycles. The van der Waals surface area contributed by atoms with E-state index in [1.165, 1.54) is 8.61 Å². The van der Waals surface area contributed by atoms with Gasteiger partial charge in [-0.25, -0.2) is 0 Å². The molecule has 0 saturated carbocycles. The number of piperazine rings is 2. The fourth-order valence-corrected chi connectivity index (χ4v) is 4.75. The van der Waals surface area contributed by atoms with Crippen molar-refractivity contribution < 1.29 is 13.2 Å². The molecule has 0 radical (unpaired) electrons. The average molecular weight is 377 g/mol. The van der Waals surface area contributed by atoms with Crippen LogP contribution >= 0.6 is 0 Å². The molecule has 0 atom stereocenters. The van der Waals surface area contributed by atoms with Gasteiger partial charge in [0.05, 0.1) is 11.6 Å². The van der Waals surface area contributed by atoms with E-state index in [9.17, 15) is 13.2 Å². The molecule has 1 aromatic rings. The highest BCUT2D eigenvalue weighted by Gasteiger charge is 2.34. The van der Waals surface area contributed by atoms with Gasteiger partial charge in [0.15, 0.2) is 0 Å². The van der Waals surface area contributed by atoms with E-state index < -0.39 is 10.2 Å². The van der Waals surface area contributed by atoms with Gasteiger partial charge in [-0.3, -0.25) is 4.79 Å². The second-order valence-corrected chi connectivity index (χ2v) is 8.52. The number of carbonyl (C=O) groups excluding carboxylic acids is 1. The SMILES string of the molecule is CN1CCN(S(=O)(=O)N2CCN(C(=O)c3ccc(C#N)cc3)CC2)CC1. The second-order valence-electron chi connectivity index (χ2n) is 6.59. The highest BCUT2D eigenvalue weighted by atomic mass is 32.2.